The molecule has 4 nitrogen and oxygen atoms in total. The van der Waals surface area contributed by atoms with E-state index in [4.69, 9.17) is 15.3 Å². The van der Waals surface area contributed by atoms with E-state index < -0.39 is 20.3 Å². The minimum atomic E-state index is -1.88. The van der Waals surface area contributed by atoms with Gasteiger partial charge in [0.1, 0.15) is 11.8 Å². The Morgan fingerprint density at radius 2 is 1.73 bits per heavy atom. The molecular formula is C17H29NO3Si. The maximum Gasteiger partial charge on any atom is 0.320 e. The van der Waals surface area contributed by atoms with Crippen LogP contribution in [0.4, 0.5) is 0 Å². The Kier molecular flexibility index (Phi) is 5.46. The van der Waals surface area contributed by atoms with Crippen LogP contribution in [-0.2, 0) is 11.2 Å². The van der Waals surface area contributed by atoms with Crippen molar-refractivity contribution in [2.24, 2.45) is 5.73 Å². The van der Waals surface area contributed by atoms with Gasteiger partial charge in [-0.3, -0.25) is 4.79 Å². The summed E-state index contributed by atoms with van der Waals surface area (Å²) in [5.41, 5.74) is 8.72. The van der Waals surface area contributed by atoms with Gasteiger partial charge in [-0.2, -0.15) is 0 Å². The molecule has 124 valence electrons. The average Bonchev–Trinajstić information content (AvgIpc) is 2.31. The quantitative estimate of drug-likeness (QED) is 0.811. The molecule has 1 atom stereocenters. The number of nitrogens with two attached hydrogens (primary N) is 1. The highest BCUT2D eigenvalue weighted by Gasteiger charge is 2.39. The fourth-order valence-electron chi connectivity index (χ4n) is 2.09. The first kappa shape index (κ1) is 18.7. The third-order valence-corrected chi connectivity index (χ3v) is 8.95. The first-order valence-electron chi connectivity index (χ1n) is 7.62. The van der Waals surface area contributed by atoms with Crippen LogP contribution in [0.2, 0.25) is 18.1 Å². The predicted octanol–water partition coefficient (Wildman–Crippen LogP) is 3.64. The van der Waals surface area contributed by atoms with E-state index in [2.05, 4.69) is 33.9 Å². The van der Waals surface area contributed by atoms with Gasteiger partial charge in [0.05, 0.1) is 0 Å². The molecule has 0 bridgehead atoms. The lowest BCUT2D eigenvalue weighted by atomic mass is 9.96. The summed E-state index contributed by atoms with van der Waals surface area (Å²) in [4.78, 5) is 10.9. The monoisotopic (exact) mass is 323 g/mol. The number of aryl methyl sites for hydroxylation is 2. The highest BCUT2D eigenvalue weighted by atomic mass is 28.4. The van der Waals surface area contributed by atoms with Crippen LogP contribution in [0.3, 0.4) is 0 Å². The third kappa shape index (κ3) is 4.33. The van der Waals surface area contributed by atoms with Crippen LogP contribution in [-0.4, -0.2) is 25.4 Å². The third-order valence-electron chi connectivity index (χ3n) is 4.59. The number of hydrogen-bond donors (Lipinski definition) is 2. The number of carbonyl (C=O) groups is 1. The van der Waals surface area contributed by atoms with Gasteiger partial charge in [0.2, 0.25) is 8.32 Å². The first-order valence-corrected chi connectivity index (χ1v) is 10.5. The zero-order valence-electron chi connectivity index (χ0n) is 14.8. The fraction of sp³-hybridized carbons (Fsp3) is 0.588. The second kappa shape index (κ2) is 6.42. The van der Waals surface area contributed by atoms with Crippen LogP contribution in [0.1, 0.15) is 37.5 Å². The second-order valence-corrected chi connectivity index (χ2v) is 12.3. The Bertz CT molecular complexity index is 539. The van der Waals surface area contributed by atoms with Gasteiger partial charge in [-0.15, -0.1) is 0 Å². The standard InChI is InChI=1S/C17H29NO3Si/c1-11-8-13(21-22(6,7)17(3,4)5)9-12(2)14(11)10-15(18)16(19)20/h8-9,15H,10,18H2,1-7H3,(H,19,20)/t15-/m0/s1. The molecule has 0 aliphatic rings. The van der Waals surface area contributed by atoms with Gasteiger partial charge in [0, 0.05) is 0 Å². The van der Waals surface area contributed by atoms with Crippen LogP contribution in [0.25, 0.3) is 0 Å². The maximum absolute atomic E-state index is 10.9. The molecule has 1 aromatic carbocycles. The van der Waals surface area contributed by atoms with Crippen molar-refractivity contribution in [3.05, 3.63) is 28.8 Å². The number of aliphatic carboxylic acids is 1. The molecule has 0 aliphatic heterocycles. The molecule has 0 aliphatic carbocycles. The molecule has 5 heteroatoms. The second-order valence-electron chi connectivity index (χ2n) is 7.55. The molecule has 0 heterocycles. The van der Waals surface area contributed by atoms with E-state index in [0.29, 0.717) is 6.42 Å². The van der Waals surface area contributed by atoms with Gasteiger partial charge < -0.3 is 15.3 Å². The molecule has 1 aromatic rings. The van der Waals surface area contributed by atoms with Crippen molar-refractivity contribution in [2.75, 3.05) is 0 Å². The summed E-state index contributed by atoms with van der Waals surface area (Å²) in [6.45, 7) is 15.0. The zero-order valence-corrected chi connectivity index (χ0v) is 15.8. The van der Waals surface area contributed by atoms with E-state index in [9.17, 15) is 4.79 Å². The lowest BCUT2D eigenvalue weighted by Crippen LogP contribution is -2.43. The molecular weight excluding hydrogens is 294 g/mol. The van der Waals surface area contributed by atoms with E-state index in [1.165, 1.54) is 0 Å². The Balaban J connectivity index is 3.07. The largest absolute Gasteiger partial charge is 0.543 e. The van der Waals surface area contributed by atoms with Crippen LogP contribution in [0.5, 0.6) is 5.75 Å². The Labute approximate surface area is 134 Å². The van der Waals surface area contributed by atoms with Crippen molar-refractivity contribution < 1.29 is 14.3 Å². The van der Waals surface area contributed by atoms with Crippen molar-refractivity contribution >= 4 is 14.3 Å². The molecule has 3 N–H and O–H groups in total. The minimum absolute atomic E-state index is 0.138. The van der Waals surface area contributed by atoms with Crippen LogP contribution >= 0.6 is 0 Å². The predicted molar refractivity (Wildman–Crippen MR) is 93.1 cm³/mol. The maximum atomic E-state index is 10.9. The van der Waals surface area contributed by atoms with E-state index >= 15 is 0 Å². The fourth-order valence-corrected chi connectivity index (χ4v) is 3.10. The number of benzene rings is 1. The average molecular weight is 324 g/mol. The summed E-state index contributed by atoms with van der Waals surface area (Å²) >= 11 is 0. The summed E-state index contributed by atoms with van der Waals surface area (Å²) in [6, 6.07) is 3.12. The van der Waals surface area contributed by atoms with E-state index in [1.54, 1.807) is 0 Å². The van der Waals surface area contributed by atoms with Crippen LogP contribution < -0.4 is 10.2 Å². The summed E-state index contributed by atoms with van der Waals surface area (Å²) < 4.78 is 6.33. The Hall–Kier alpha value is -1.33. The summed E-state index contributed by atoms with van der Waals surface area (Å²) in [5.74, 6) is -0.102. The molecule has 0 unspecified atom stereocenters. The molecule has 0 fully saturated rings. The molecule has 0 saturated carbocycles. The van der Waals surface area contributed by atoms with Crippen molar-refractivity contribution in [1.29, 1.82) is 0 Å². The van der Waals surface area contributed by atoms with Crippen LogP contribution in [0, 0.1) is 13.8 Å². The first-order chi connectivity index (χ1) is 9.85. The van der Waals surface area contributed by atoms with Gasteiger partial charge in [-0.1, -0.05) is 20.8 Å². The topological polar surface area (TPSA) is 72.5 Å². The van der Waals surface area contributed by atoms with E-state index in [1.807, 2.05) is 26.0 Å². The molecule has 0 radical (unpaired) electrons. The lowest BCUT2D eigenvalue weighted by molar-refractivity contribution is -0.138. The number of hydrogen-bond acceptors (Lipinski definition) is 3. The van der Waals surface area contributed by atoms with Crippen molar-refractivity contribution in [2.45, 2.75) is 65.2 Å². The van der Waals surface area contributed by atoms with Crippen molar-refractivity contribution in [1.82, 2.24) is 0 Å². The minimum Gasteiger partial charge on any atom is -0.543 e. The van der Waals surface area contributed by atoms with Gasteiger partial charge in [-0.05, 0) is 67.2 Å². The highest BCUT2D eigenvalue weighted by Crippen LogP contribution is 2.38. The van der Waals surface area contributed by atoms with E-state index in [-0.39, 0.29) is 5.04 Å². The molecule has 22 heavy (non-hydrogen) atoms. The summed E-state index contributed by atoms with van der Waals surface area (Å²) in [5, 5.41) is 9.12. The Morgan fingerprint density at radius 3 is 2.09 bits per heavy atom. The summed E-state index contributed by atoms with van der Waals surface area (Å²) in [6.07, 6.45) is 0.341. The van der Waals surface area contributed by atoms with Gasteiger partial charge in [0.25, 0.3) is 0 Å². The summed E-state index contributed by atoms with van der Waals surface area (Å²) in [7, 11) is -1.88. The highest BCUT2D eigenvalue weighted by molar-refractivity contribution is 6.74. The molecule has 0 amide bonds. The zero-order chi connectivity index (χ0) is 17.3. The van der Waals surface area contributed by atoms with Crippen molar-refractivity contribution in [3.8, 4) is 5.75 Å². The number of carboxylic acids is 1. The normalized spacial score (nSPS) is 13.8. The van der Waals surface area contributed by atoms with Gasteiger partial charge >= 0.3 is 5.97 Å². The molecule has 0 spiro atoms. The number of carboxylic acid groups (broad SMARTS) is 1. The molecule has 1 rings (SSSR count). The smallest absolute Gasteiger partial charge is 0.320 e. The number of rotatable bonds is 5. The Morgan fingerprint density at radius 1 is 1.27 bits per heavy atom. The lowest BCUT2D eigenvalue weighted by Gasteiger charge is -2.36. The molecule has 0 aromatic heterocycles. The SMILES string of the molecule is Cc1cc(O[Si](C)(C)C(C)(C)C)cc(C)c1C[C@H](N)C(=O)O. The van der Waals surface area contributed by atoms with E-state index in [0.717, 1.165) is 22.4 Å². The molecule has 0 saturated heterocycles. The van der Waals surface area contributed by atoms with Gasteiger partial charge in [-0.25, -0.2) is 0 Å². The van der Waals surface area contributed by atoms with Gasteiger partial charge in [0.15, 0.2) is 0 Å². The van der Waals surface area contributed by atoms with Crippen molar-refractivity contribution in [3.63, 3.8) is 0 Å². The van der Waals surface area contributed by atoms with Crippen LogP contribution in [0.15, 0.2) is 12.1 Å².